The van der Waals surface area contributed by atoms with Gasteiger partial charge in [-0.1, -0.05) is 0 Å². The molecular weight excluding hydrogens is 308 g/mol. The molecule has 0 saturated heterocycles. The molecule has 1 aromatic heterocycles. The summed E-state index contributed by atoms with van der Waals surface area (Å²) in [4.78, 5) is 24.6. The normalized spacial score (nSPS) is 24.5. The molecule has 0 aliphatic heterocycles. The minimum Gasteiger partial charge on any atom is -0.444 e. The Labute approximate surface area is 143 Å². The first-order valence-corrected chi connectivity index (χ1v) is 8.40. The Bertz CT molecular complexity index is 637. The van der Waals surface area contributed by atoms with Crippen LogP contribution >= 0.6 is 0 Å². The van der Waals surface area contributed by atoms with Crippen molar-refractivity contribution in [1.82, 2.24) is 4.57 Å². The zero-order chi connectivity index (χ0) is 18.0. The van der Waals surface area contributed by atoms with E-state index >= 15 is 0 Å². The first-order valence-electron chi connectivity index (χ1n) is 8.40. The average molecular weight is 336 g/mol. The molecule has 134 valence electrons. The minimum atomic E-state index is -0.618. The number of nitrogens with zero attached hydrogens (tertiary/aromatic N) is 1. The monoisotopic (exact) mass is 336 g/mol. The van der Waals surface area contributed by atoms with E-state index in [1.807, 2.05) is 0 Å². The highest BCUT2D eigenvalue weighted by atomic mass is 16.6. The predicted octanol–water partition coefficient (Wildman–Crippen LogP) is 3.72. The van der Waals surface area contributed by atoms with E-state index in [1.54, 1.807) is 50.8 Å². The molecule has 1 amide bonds. The zero-order valence-electron chi connectivity index (χ0n) is 15.2. The Balaban J connectivity index is 2.11. The fourth-order valence-electron chi connectivity index (χ4n) is 3.00. The second kappa shape index (κ2) is 6.97. The van der Waals surface area contributed by atoms with Crippen molar-refractivity contribution in [3.8, 4) is 0 Å². The van der Waals surface area contributed by atoms with Crippen LogP contribution in [-0.4, -0.2) is 29.0 Å². The molecule has 1 heterocycles. The fraction of sp³-hybridized carbons (Fsp3) is 0.667. The molecule has 1 N–H and O–H groups in total. The van der Waals surface area contributed by atoms with E-state index in [0.717, 1.165) is 25.7 Å². The summed E-state index contributed by atoms with van der Waals surface area (Å²) in [5.74, 6) is 0. The summed E-state index contributed by atoms with van der Waals surface area (Å²) in [6, 6.07) is 3.50. The number of pyridine rings is 1. The van der Waals surface area contributed by atoms with Crippen LogP contribution in [0.15, 0.2) is 23.1 Å². The highest BCUT2D eigenvalue weighted by molar-refractivity contribution is 5.84. The second-order valence-corrected chi connectivity index (χ2v) is 7.65. The van der Waals surface area contributed by atoms with Crippen LogP contribution in [0, 0.1) is 0 Å². The predicted molar refractivity (Wildman–Crippen MR) is 93.5 cm³/mol. The standard InChI is InChI=1S/C18H28N2O4/c1-17(2,3)24-16(22)19-14-7-6-12-20(15(14)21)13-8-10-18(4,23-5)11-9-13/h6-7,12-13H,8-11H2,1-5H3,(H,19,22)/t13-,18+. The van der Waals surface area contributed by atoms with Gasteiger partial charge in [0.05, 0.1) is 5.60 Å². The van der Waals surface area contributed by atoms with Crippen LogP contribution in [0.4, 0.5) is 10.5 Å². The third-order valence-electron chi connectivity index (χ3n) is 4.51. The number of carbonyl (C=O) groups excluding carboxylic acids is 1. The SMILES string of the molecule is CO[C@]1(C)CC[C@H](n2cccc(NC(=O)OC(C)(C)C)c2=O)CC1. The van der Waals surface area contributed by atoms with Gasteiger partial charge in [0.25, 0.3) is 5.56 Å². The van der Waals surface area contributed by atoms with E-state index in [-0.39, 0.29) is 22.9 Å². The summed E-state index contributed by atoms with van der Waals surface area (Å²) >= 11 is 0. The quantitative estimate of drug-likeness (QED) is 0.913. The maximum atomic E-state index is 12.7. The highest BCUT2D eigenvalue weighted by Gasteiger charge is 2.32. The van der Waals surface area contributed by atoms with E-state index in [1.165, 1.54) is 0 Å². The molecule has 6 nitrogen and oxygen atoms in total. The van der Waals surface area contributed by atoms with Gasteiger partial charge in [-0.3, -0.25) is 10.1 Å². The molecule has 1 fully saturated rings. The van der Waals surface area contributed by atoms with Crippen LogP contribution < -0.4 is 10.9 Å². The topological polar surface area (TPSA) is 69.6 Å². The van der Waals surface area contributed by atoms with Crippen molar-refractivity contribution in [2.24, 2.45) is 0 Å². The van der Waals surface area contributed by atoms with Crippen LogP contribution in [0.5, 0.6) is 0 Å². The minimum absolute atomic E-state index is 0.105. The molecule has 24 heavy (non-hydrogen) atoms. The van der Waals surface area contributed by atoms with Crippen molar-refractivity contribution in [1.29, 1.82) is 0 Å². The van der Waals surface area contributed by atoms with E-state index in [0.29, 0.717) is 0 Å². The lowest BCUT2D eigenvalue weighted by Crippen LogP contribution is -2.37. The number of ether oxygens (including phenoxy) is 2. The van der Waals surface area contributed by atoms with Gasteiger partial charge in [-0.25, -0.2) is 4.79 Å². The van der Waals surface area contributed by atoms with Crippen molar-refractivity contribution >= 4 is 11.8 Å². The first-order chi connectivity index (χ1) is 11.1. The van der Waals surface area contributed by atoms with Crippen molar-refractivity contribution in [2.45, 2.75) is 70.6 Å². The van der Waals surface area contributed by atoms with Crippen LogP contribution in [0.2, 0.25) is 0 Å². The van der Waals surface area contributed by atoms with Crippen molar-refractivity contribution in [3.63, 3.8) is 0 Å². The summed E-state index contributed by atoms with van der Waals surface area (Å²) in [6.45, 7) is 7.45. The van der Waals surface area contributed by atoms with Crippen molar-refractivity contribution in [3.05, 3.63) is 28.7 Å². The molecule has 0 spiro atoms. The van der Waals surface area contributed by atoms with Gasteiger partial charge in [0.1, 0.15) is 11.3 Å². The van der Waals surface area contributed by atoms with Gasteiger partial charge >= 0.3 is 6.09 Å². The summed E-state index contributed by atoms with van der Waals surface area (Å²) in [5, 5.41) is 2.55. The van der Waals surface area contributed by atoms with Gasteiger partial charge in [0.2, 0.25) is 0 Å². The third-order valence-corrected chi connectivity index (χ3v) is 4.51. The van der Waals surface area contributed by atoms with Crippen LogP contribution in [0.25, 0.3) is 0 Å². The number of hydrogen-bond acceptors (Lipinski definition) is 4. The maximum Gasteiger partial charge on any atom is 0.412 e. The lowest BCUT2D eigenvalue weighted by atomic mass is 9.83. The first kappa shape index (κ1) is 18.5. The van der Waals surface area contributed by atoms with Gasteiger partial charge in [-0.05, 0) is 65.5 Å². The number of anilines is 1. The summed E-state index contributed by atoms with van der Waals surface area (Å²) < 4.78 is 12.5. The second-order valence-electron chi connectivity index (χ2n) is 7.65. The van der Waals surface area contributed by atoms with Gasteiger partial charge in [-0.15, -0.1) is 0 Å². The number of rotatable bonds is 3. The molecule has 1 aromatic rings. The Morgan fingerprint density at radius 1 is 1.33 bits per heavy atom. The van der Waals surface area contributed by atoms with Gasteiger partial charge in [-0.2, -0.15) is 0 Å². The lowest BCUT2D eigenvalue weighted by Gasteiger charge is -2.36. The molecule has 1 aliphatic carbocycles. The van der Waals surface area contributed by atoms with Gasteiger partial charge < -0.3 is 14.0 Å². The van der Waals surface area contributed by atoms with Crippen molar-refractivity contribution in [2.75, 3.05) is 12.4 Å². The van der Waals surface area contributed by atoms with E-state index in [2.05, 4.69) is 12.2 Å². The fourth-order valence-corrected chi connectivity index (χ4v) is 3.00. The number of methoxy groups -OCH3 is 1. The van der Waals surface area contributed by atoms with E-state index in [9.17, 15) is 9.59 Å². The van der Waals surface area contributed by atoms with Crippen LogP contribution in [0.1, 0.15) is 59.4 Å². The van der Waals surface area contributed by atoms with E-state index in [4.69, 9.17) is 9.47 Å². The number of carbonyl (C=O) groups is 1. The maximum absolute atomic E-state index is 12.7. The molecule has 0 radical (unpaired) electrons. The molecule has 1 aliphatic rings. The highest BCUT2D eigenvalue weighted by Crippen LogP contribution is 2.36. The molecule has 0 bridgehead atoms. The Morgan fingerprint density at radius 3 is 2.50 bits per heavy atom. The van der Waals surface area contributed by atoms with E-state index < -0.39 is 11.7 Å². The number of hydrogen-bond donors (Lipinski definition) is 1. The molecule has 0 aromatic carbocycles. The Hall–Kier alpha value is -1.82. The number of aromatic nitrogens is 1. The third kappa shape index (κ3) is 4.60. The Morgan fingerprint density at radius 2 is 1.96 bits per heavy atom. The van der Waals surface area contributed by atoms with Crippen LogP contribution in [-0.2, 0) is 9.47 Å². The molecule has 0 unspecified atom stereocenters. The average Bonchev–Trinajstić information content (AvgIpc) is 2.49. The summed E-state index contributed by atoms with van der Waals surface area (Å²) in [5.41, 5.74) is -0.667. The number of amides is 1. The van der Waals surface area contributed by atoms with Crippen molar-refractivity contribution < 1.29 is 14.3 Å². The molecule has 0 atom stereocenters. The van der Waals surface area contributed by atoms with Crippen LogP contribution in [0.3, 0.4) is 0 Å². The number of nitrogens with one attached hydrogen (secondary N) is 1. The lowest BCUT2D eigenvalue weighted by molar-refractivity contribution is -0.0324. The Kier molecular flexibility index (Phi) is 5.38. The summed E-state index contributed by atoms with van der Waals surface area (Å²) in [7, 11) is 1.73. The molecule has 2 rings (SSSR count). The summed E-state index contributed by atoms with van der Waals surface area (Å²) in [6.07, 6.45) is 4.73. The van der Waals surface area contributed by atoms with Gasteiger partial charge in [0.15, 0.2) is 0 Å². The largest absolute Gasteiger partial charge is 0.444 e. The molecular formula is C18H28N2O4. The zero-order valence-corrected chi connectivity index (χ0v) is 15.2. The smallest absolute Gasteiger partial charge is 0.412 e. The molecule has 6 heteroatoms. The molecule has 1 saturated carbocycles. The van der Waals surface area contributed by atoms with Gasteiger partial charge in [0, 0.05) is 19.3 Å².